The van der Waals surface area contributed by atoms with Crippen LogP contribution < -0.4 is 10.6 Å². The molecule has 0 saturated carbocycles. The van der Waals surface area contributed by atoms with Gasteiger partial charge in [-0.2, -0.15) is 0 Å². The van der Waals surface area contributed by atoms with Crippen molar-refractivity contribution in [3.8, 4) is 0 Å². The Hall–Kier alpha value is -2.96. The number of anilines is 1. The number of carboxylic acids is 1. The van der Waals surface area contributed by atoms with Crippen LogP contribution in [0.4, 0.5) is 5.69 Å². The van der Waals surface area contributed by atoms with Gasteiger partial charge < -0.3 is 10.4 Å². The van der Waals surface area contributed by atoms with Crippen molar-refractivity contribution < 1.29 is 14.7 Å². The average Bonchev–Trinajstić information content (AvgIpc) is 2.62. The summed E-state index contributed by atoms with van der Waals surface area (Å²) in [5.74, 6) is -1.54. The van der Waals surface area contributed by atoms with Crippen molar-refractivity contribution in [2.45, 2.75) is 0 Å². The van der Waals surface area contributed by atoms with Crippen LogP contribution in [-0.2, 0) is 0 Å². The Labute approximate surface area is 159 Å². The Morgan fingerprint density at radius 1 is 0.962 bits per heavy atom. The minimum absolute atomic E-state index is 0.00650. The second-order valence-corrected chi connectivity index (χ2v) is 6.31. The minimum atomic E-state index is -1.15. The monoisotopic (exact) mass is 384 g/mol. The molecule has 26 heavy (non-hydrogen) atoms. The largest absolute Gasteiger partial charge is 0.478 e. The van der Waals surface area contributed by atoms with E-state index in [0.717, 1.165) is 10.8 Å². The molecule has 3 N–H and O–H groups in total. The maximum Gasteiger partial charge on any atom is 0.337 e. The highest BCUT2D eigenvalue weighted by molar-refractivity contribution is 7.80. The molecule has 1 amide bonds. The number of nitrogens with one attached hydrogen (secondary N) is 2. The fourth-order valence-electron chi connectivity index (χ4n) is 2.46. The molecule has 0 spiro atoms. The van der Waals surface area contributed by atoms with Gasteiger partial charge in [-0.3, -0.25) is 10.1 Å². The predicted octanol–water partition coefficient (Wildman–Crippen LogP) is 4.32. The smallest absolute Gasteiger partial charge is 0.337 e. The molecular formula is C19H13ClN2O3S. The summed E-state index contributed by atoms with van der Waals surface area (Å²) in [4.78, 5) is 23.7. The van der Waals surface area contributed by atoms with Gasteiger partial charge in [0.1, 0.15) is 0 Å². The Bertz CT molecular complexity index is 1040. The van der Waals surface area contributed by atoms with Crippen molar-refractivity contribution in [2.24, 2.45) is 0 Å². The van der Waals surface area contributed by atoms with Crippen molar-refractivity contribution >= 4 is 57.3 Å². The number of aromatic carboxylic acids is 1. The first-order chi connectivity index (χ1) is 12.4. The highest BCUT2D eigenvalue weighted by Crippen LogP contribution is 2.21. The molecule has 7 heteroatoms. The first-order valence-corrected chi connectivity index (χ1v) is 8.36. The molecule has 3 aromatic rings. The maximum atomic E-state index is 12.4. The van der Waals surface area contributed by atoms with E-state index >= 15 is 0 Å². The van der Waals surface area contributed by atoms with Gasteiger partial charge in [0.15, 0.2) is 5.11 Å². The van der Waals surface area contributed by atoms with E-state index in [1.807, 2.05) is 30.3 Å². The number of carboxylic acid groups (broad SMARTS) is 1. The van der Waals surface area contributed by atoms with Crippen LogP contribution in [0.15, 0.2) is 60.7 Å². The lowest BCUT2D eigenvalue weighted by atomic mass is 10.1. The van der Waals surface area contributed by atoms with E-state index in [-0.39, 0.29) is 22.3 Å². The summed E-state index contributed by atoms with van der Waals surface area (Å²) < 4.78 is 0. The molecule has 5 nitrogen and oxygen atoms in total. The van der Waals surface area contributed by atoms with E-state index in [1.54, 1.807) is 12.1 Å². The van der Waals surface area contributed by atoms with Gasteiger partial charge in [-0.25, -0.2) is 4.79 Å². The molecule has 0 unspecified atom stereocenters. The lowest BCUT2D eigenvalue weighted by Gasteiger charge is -2.12. The van der Waals surface area contributed by atoms with Gasteiger partial charge in [0.05, 0.1) is 11.3 Å². The zero-order valence-electron chi connectivity index (χ0n) is 13.3. The van der Waals surface area contributed by atoms with Crippen molar-refractivity contribution in [1.82, 2.24) is 5.32 Å². The molecular weight excluding hydrogens is 372 g/mol. The molecule has 0 atom stereocenters. The summed E-state index contributed by atoms with van der Waals surface area (Å²) in [6.45, 7) is 0. The van der Waals surface area contributed by atoms with Gasteiger partial charge in [-0.1, -0.05) is 41.9 Å². The lowest BCUT2D eigenvalue weighted by Crippen LogP contribution is -2.34. The number of benzene rings is 3. The van der Waals surface area contributed by atoms with E-state index in [2.05, 4.69) is 10.6 Å². The molecule has 0 bridgehead atoms. The molecule has 0 saturated heterocycles. The Morgan fingerprint density at radius 2 is 1.69 bits per heavy atom. The predicted molar refractivity (Wildman–Crippen MR) is 106 cm³/mol. The summed E-state index contributed by atoms with van der Waals surface area (Å²) in [5, 5.41) is 16.7. The average molecular weight is 385 g/mol. The van der Waals surface area contributed by atoms with Crippen LogP contribution >= 0.6 is 23.8 Å². The van der Waals surface area contributed by atoms with Crippen LogP contribution in [0, 0.1) is 0 Å². The number of thiocarbonyl (C=S) groups is 1. The first-order valence-electron chi connectivity index (χ1n) is 7.58. The fraction of sp³-hybridized carbons (Fsp3) is 0. The van der Waals surface area contributed by atoms with Gasteiger partial charge in [-0.15, -0.1) is 0 Å². The molecule has 0 heterocycles. The van der Waals surface area contributed by atoms with E-state index < -0.39 is 5.97 Å². The molecule has 0 radical (unpaired) electrons. The van der Waals surface area contributed by atoms with Gasteiger partial charge in [0, 0.05) is 10.6 Å². The van der Waals surface area contributed by atoms with E-state index in [1.165, 1.54) is 18.2 Å². The molecule has 0 aromatic heterocycles. The summed E-state index contributed by atoms with van der Waals surface area (Å²) in [7, 11) is 0. The number of carbonyl (C=O) groups is 2. The first kappa shape index (κ1) is 17.8. The van der Waals surface area contributed by atoms with E-state index in [0.29, 0.717) is 10.6 Å². The summed E-state index contributed by atoms with van der Waals surface area (Å²) >= 11 is 10.9. The van der Waals surface area contributed by atoms with Crippen LogP contribution in [0.5, 0.6) is 0 Å². The number of carbonyl (C=O) groups excluding carboxylic acids is 1. The summed E-state index contributed by atoms with van der Waals surface area (Å²) in [6, 6.07) is 17.3. The Kier molecular flexibility index (Phi) is 5.16. The molecule has 0 aliphatic heterocycles. The molecule has 3 aromatic carbocycles. The van der Waals surface area contributed by atoms with Crippen molar-refractivity contribution in [3.05, 3.63) is 76.8 Å². The molecule has 3 rings (SSSR count). The number of fused-ring (bicyclic) bond motifs is 1. The summed E-state index contributed by atoms with van der Waals surface area (Å²) in [6.07, 6.45) is 0. The number of hydrogen-bond donors (Lipinski definition) is 3. The summed E-state index contributed by atoms with van der Waals surface area (Å²) in [5.41, 5.74) is 0.646. The van der Waals surface area contributed by atoms with Crippen LogP contribution in [0.1, 0.15) is 20.7 Å². The van der Waals surface area contributed by atoms with Crippen LogP contribution in [0.2, 0.25) is 5.02 Å². The molecule has 0 fully saturated rings. The van der Waals surface area contributed by atoms with Crippen LogP contribution in [-0.4, -0.2) is 22.1 Å². The zero-order valence-corrected chi connectivity index (χ0v) is 14.9. The topological polar surface area (TPSA) is 78.4 Å². The third-order valence-corrected chi connectivity index (χ3v) is 4.14. The Morgan fingerprint density at radius 3 is 2.42 bits per heavy atom. The highest BCUT2D eigenvalue weighted by atomic mass is 35.5. The highest BCUT2D eigenvalue weighted by Gasteiger charge is 2.14. The third kappa shape index (κ3) is 3.99. The Balaban J connectivity index is 1.75. The zero-order chi connectivity index (χ0) is 18.7. The fourth-order valence-corrected chi connectivity index (χ4v) is 2.84. The van der Waals surface area contributed by atoms with Crippen molar-refractivity contribution in [1.29, 1.82) is 0 Å². The SMILES string of the molecule is O=C(NC(=S)Nc1ccc(Cl)cc1C(=O)O)c1ccc2ccccc2c1. The molecule has 0 aliphatic carbocycles. The molecule has 0 aliphatic rings. The second kappa shape index (κ2) is 7.51. The van der Waals surface area contributed by atoms with Gasteiger partial charge in [0.2, 0.25) is 0 Å². The lowest BCUT2D eigenvalue weighted by molar-refractivity contribution is 0.0698. The van der Waals surface area contributed by atoms with Gasteiger partial charge in [-0.05, 0) is 53.3 Å². The number of halogens is 1. The third-order valence-electron chi connectivity index (χ3n) is 3.70. The maximum absolute atomic E-state index is 12.4. The van der Waals surface area contributed by atoms with Crippen LogP contribution in [0.3, 0.4) is 0 Å². The second-order valence-electron chi connectivity index (χ2n) is 5.47. The van der Waals surface area contributed by atoms with Crippen molar-refractivity contribution in [2.75, 3.05) is 5.32 Å². The normalized spacial score (nSPS) is 10.3. The van der Waals surface area contributed by atoms with Crippen molar-refractivity contribution in [3.63, 3.8) is 0 Å². The van der Waals surface area contributed by atoms with E-state index in [4.69, 9.17) is 23.8 Å². The quantitative estimate of drug-likeness (QED) is 0.586. The van der Waals surface area contributed by atoms with Gasteiger partial charge >= 0.3 is 5.97 Å². The number of rotatable bonds is 3. The molecule has 130 valence electrons. The number of amides is 1. The van der Waals surface area contributed by atoms with Gasteiger partial charge in [0.25, 0.3) is 5.91 Å². The van der Waals surface area contributed by atoms with E-state index in [9.17, 15) is 14.7 Å². The number of hydrogen-bond acceptors (Lipinski definition) is 3. The van der Waals surface area contributed by atoms with Crippen LogP contribution in [0.25, 0.3) is 10.8 Å². The standard InChI is InChI=1S/C19H13ClN2O3S/c20-14-7-8-16(15(10-14)18(24)25)21-19(26)22-17(23)13-6-5-11-3-1-2-4-12(11)9-13/h1-10H,(H,24,25)(H2,21,22,23,26). The minimum Gasteiger partial charge on any atom is -0.478 e.